The number of esters is 1. The van der Waals surface area contributed by atoms with Crippen LogP contribution in [0.1, 0.15) is 19.0 Å². The summed E-state index contributed by atoms with van der Waals surface area (Å²) in [6.07, 6.45) is 4.47. The van der Waals surface area contributed by atoms with E-state index in [2.05, 4.69) is 10.3 Å². The second-order valence-corrected chi connectivity index (χ2v) is 6.79. The summed E-state index contributed by atoms with van der Waals surface area (Å²) in [4.78, 5) is 39.5. The van der Waals surface area contributed by atoms with Gasteiger partial charge in [0.15, 0.2) is 5.13 Å². The molecule has 2 aliphatic rings. The number of anilines is 1. The summed E-state index contributed by atoms with van der Waals surface area (Å²) >= 11 is 1.19. The summed E-state index contributed by atoms with van der Waals surface area (Å²) < 4.78 is 4.85. The summed E-state index contributed by atoms with van der Waals surface area (Å²) in [5.41, 5.74) is 0.512. The van der Waals surface area contributed by atoms with Crippen LogP contribution in [0.2, 0.25) is 0 Å². The zero-order valence-corrected chi connectivity index (χ0v) is 13.9. The third-order valence-corrected chi connectivity index (χ3v) is 5.25. The molecule has 2 bridgehead atoms. The first kappa shape index (κ1) is 16.6. The maximum atomic E-state index is 12.5. The molecule has 1 heterocycles. The van der Waals surface area contributed by atoms with Crippen LogP contribution in [0.3, 0.4) is 0 Å². The number of allylic oxidation sites excluding steroid dienone is 2. The fourth-order valence-electron chi connectivity index (χ4n) is 3.50. The quantitative estimate of drug-likeness (QED) is 0.587. The number of fused-ring (bicyclic) bond motifs is 2. The van der Waals surface area contributed by atoms with Crippen molar-refractivity contribution in [2.45, 2.75) is 19.8 Å². The highest BCUT2D eigenvalue weighted by Crippen LogP contribution is 2.48. The van der Waals surface area contributed by atoms with E-state index in [9.17, 15) is 19.5 Å². The van der Waals surface area contributed by atoms with Crippen molar-refractivity contribution in [1.82, 2.24) is 4.98 Å². The maximum absolute atomic E-state index is 12.5. The van der Waals surface area contributed by atoms with Crippen molar-refractivity contribution in [2.75, 3.05) is 11.9 Å². The Morgan fingerprint density at radius 3 is 2.71 bits per heavy atom. The monoisotopic (exact) mass is 349 g/mol. The van der Waals surface area contributed by atoms with E-state index in [0.717, 1.165) is 0 Å². The number of ether oxygens (including phenoxy) is 1. The molecule has 1 saturated carbocycles. The van der Waals surface area contributed by atoms with Crippen LogP contribution in [0.5, 0.6) is 0 Å². The fourth-order valence-corrected chi connectivity index (χ4v) is 4.21. The molecular weight excluding hydrogens is 332 g/mol. The molecule has 0 saturated heterocycles. The number of carbonyl (C=O) groups is 3. The number of hydrogen-bond acceptors (Lipinski definition) is 7. The van der Waals surface area contributed by atoms with Gasteiger partial charge in [0.05, 0.1) is 24.6 Å². The predicted octanol–water partition coefficient (Wildman–Crippen LogP) is 0.375. The molecule has 2 aliphatic carbocycles. The Morgan fingerprint density at radius 1 is 1.33 bits per heavy atom. The summed E-state index contributed by atoms with van der Waals surface area (Å²) in [6.45, 7) is 2.02. The van der Waals surface area contributed by atoms with Gasteiger partial charge in [-0.2, -0.15) is 0 Å². The van der Waals surface area contributed by atoms with Gasteiger partial charge < -0.3 is 20.0 Å². The van der Waals surface area contributed by atoms with E-state index >= 15 is 0 Å². The molecule has 1 fully saturated rings. The number of carbonyl (C=O) groups excluding carboxylic acids is 3. The lowest BCUT2D eigenvalue weighted by Gasteiger charge is -2.27. The van der Waals surface area contributed by atoms with E-state index in [0.29, 0.717) is 23.9 Å². The minimum Gasteiger partial charge on any atom is -0.550 e. The predicted molar refractivity (Wildman–Crippen MR) is 83.8 cm³/mol. The lowest BCUT2D eigenvalue weighted by atomic mass is 9.82. The SMILES string of the molecule is CCOC(=O)Cc1csc(NC(=O)[C@H]2[C@@H](C(=O)[O-])[C@H]3C=C[C@H]2C3)n1. The van der Waals surface area contributed by atoms with Crippen LogP contribution < -0.4 is 10.4 Å². The van der Waals surface area contributed by atoms with Gasteiger partial charge >= 0.3 is 5.97 Å². The van der Waals surface area contributed by atoms with Crippen molar-refractivity contribution in [2.24, 2.45) is 23.7 Å². The van der Waals surface area contributed by atoms with Crippen LogP contribution in [0.25, 0.3) is 0 Å². The highest BCUT2D eigenvalue weighted by molar-refractivity contribution is 7.13. The molecule has 7 nitrogen and oxygen atoms in total. The normalized spacial score (nSPS) is 27.2. The van der Waals surface area contributed by atoms with E-state index in [1.54, 1.807) is 12.3 Å². The lowest BCUT2D eigenvalue weighted by Crippen LogP contribution is -2.42. The first-order chi connectivity index (χ1) is 11.5. The third-order valence-electron chi connectivity index (χ3n) is 4.45. The van der Waals surface area contributed by atoms with Crippen molar-refractivity contribution < 1.29 is 24.2 Å². The number of carboxylic acid groups (broad SMARTS) is 1. The van der Waals surface area contributed by atoms with Crippen molar-refractivity contribution in [3.8, 4) is 0 Å². The molecule has 1 aromatic heterocycles. The average molecular weight is 349 g/mol. The van der Waals surface area contributed by atoms with E-state index in [-0.39, 0.29) is 30.1 Å². The molecule has 0 radical (unpaired) electrons. The van der Waals surface area contributed by atoms with E-state index in [1.165, 1.54) is 11.3 Å². The second kappa shape index (κ2) is 6.72. The van der Waals surface area contributed by atoms with Gasteiger partial charge in [0.25, 0.3) is 0 Å². The van der Waals surface area contributed by atoms with Gasteiger partial charge in [0.2, 0.25) is 5.91 Å². The molecule has 0 unspecified atom stereocenters. The van der Waals surface area contributed by atoms with Gasteiger partial charge in [0.1, 0.15) is 0 Å². The van der Waals surface area contributed by atoms with Crippen LogP contribution in [-0.4, -0.2) is 29.4 Å². The Labute approximate surface area is 142 Å². The van der Waals surface area contributed by atoms with Crippen molar-refractivity contribution in [3.63, 3.8) is 0 Å². The topological polar surface area (TPSA) is 108 Å². The number of nitrogens with zero attached hydrogens (tertiary/aromatic N) is 1. The third kappa shape index (κ3) is 3.19. The molecule has 8 heteroatoms. The van der Waals surface area contributed by atoms with Crippen LogP contribution in [0.15, 0.2) is 17.5 Å². The Kier molecular flexibility index (Phi) is 4.66. The summed E-state index contributed by atoms with van der Waals surface area (Å²) in [5, 5.41) is 16.0. The Hall–Kier alpha value is -2.22. The van der Waals surface area contributed by atoms with Crippen LogP contribution in [0.4, 0.5) is 5.13 Å². The molecule has 1 amide bonds. The van der Waals surface area contributed by atoms with E-state index in [4.69, 9.17) is 4.74 Å². The van der Waals surface area contributed by atoms with Gasteiger partial charge in [-0.15, -0.1) is 11.3 Å². The number of hydrogen-bond donors (Lipinski definition) is 1. The number of aliphatic carboxylic acids is 1. The number of aromatic nitrogens is 1. The second-order valence-electron chi connectivity index (χ2n) is 5.93. The van der Waals surface area contributed by atoms with Crippen molar-refractivity contribution in [1.29, 1.82) is 0 Å². The molecule has 0 aliphatic heterocycles. The smallest absolute Gasteiger partial charge is 0.311 e. The highest BCUT2D eigenvalue weighted by Gasteiger charge is 2.48. The summed E-state index contributed by atoms with van der Waals surface area (Å²) in [6, 6.07) is 0. The minimum atomic E-state index is -1.19. The number of nitrogens with one attached hydrogen (secondary N) is 1. The van der Waals surface area contributed by atoms with E-state index in [1.807, 2.05) is 12.2 Å². The van der Waals surface area contributed by atoms with Crippen LogP contribution in [-0.2, 0) is 25.5 Å². The Morgan fingerprint density at radius 2 is 2.04 bits per heavy atom. The Bertz CT molecular complexity index is 698. The molecule has 128 valence electrons. The number of carboxylic acids is 1. The van der Waals surface area contributed by atoms with Gasteiger partial charge in [0, 0.05) is 17.3 Å². The molecule has 1 N–H and O–H groups in total. The molecule has 0 spiro atoms. The lowest BCUT2D eigenvalue weighted by molar-refractivity contribution is -0.313. The minimum absolute atomic E-state index is 0.0404. The van der Waals surface area contributed by atoms with E-state index < -0.39 is 17.8 Å². The standard InChI is InChI=1S/C16H18N2O5S/c1-2-23-11(19)6-10-7-24-16(17-10)18-14(20)12-8-3-4-9(5-8)13(12)15(21)22/h3-4,7-9,12-13H,2,5-6H2,1H3,(H,21,22)(H,17,18,20)/p-1/t8-,9-,12+,13-/m0/s1. The molecule has 3 rings (SSSR count). The van der Waals surface area contributed by atoms with Crippen molar-refractivity contribution >= 4 is 34.3 Å². The molecule has 4 atom stereocenters. The first-order valence-electron chi connectivity index (χ1n) is 7.79. The van der Waals surface area contributed by atoms with Gasteiger partial charge in [-0.05, 0) is 25.2 Å². The van der Waals surface area contributed by atoms with Crippen LogP contribution in [0, 0.1) is 23.7 Å². The molecule has 24 heavy (non-hydrogen) atoms. The van der Waals surface area contributed by atoms with Gasteiger partial charge in [-0.25, -0.2) is 4.98 Å². The average Bonchev–Trinajstić information content (AvgIpc) is 3.22. The largest absolute Gasteiger partial charge is 0.550 e. The van der Waals surface area contributed by atoms with Crippen molar-refractivity contribution in [3.05, 3.63) is 23.2 Å². The Balaban J connectivity index is 1.65. The molecule has 0 aromatic carbocycles. The van der Waals surface area contributed by atoms with Gasteiger partial charge in [-0.3, -0.25) is 9.59 Å². The molecule has 1 aromatic rings. The number of rotatable bonds is 6. The van der Waals surface area contributed by atoms with Crippen LogP contribution >= 0.6 is 11.3 Å². The summed E-state index contributed by atoms with van der Waals surface area (Å²) in [5.74, 6) is -3.56. The highest BCUT2D eigenvalue weighted by atomic mass is 32.1. The summed E-state index contributed by atoms with van der Waals surface area (Å²) in [7, 11) is 0. The zero-order chi connectivity index (χ0) is 17.3. The fraction of sp³-hybridized carbons (Fsp3) is 0.500. The molecular formula is C16H17N2O5S-. The number of amides is 1. The zero-order valence-electron chi connectivity index (χ0n) is 13.1. The van der Waals surface area contributed by atoms with Gasteiger partial charge in [-0.1, -0.05) is 12.2 Å². The number of thiazole rings is 1. The first-order valence-corrected chi connectivity index (χ1v) is 8.67. The maximum Gasteiger partial charge on any atom is 0.311 e.